The molecule has 0 aromatic heterocycles. The molecule has 4 nitrogen and oxygen atoms in total. The minimum atomic E-state index is -0.758. The molecule has 4 heteroatoms. The largest absolute Gasteiger partial charge is 0.480 e. The SMILES string of the molecule is CCC1CCC(C)N1CC(NC)C(=O)O. The number of rotatable bonds is 5. The third kappa shape index (κ3) is 2.92. The van der Waals surface area contributed by atoms with Gasteiger partial charge in [0.1, 0.15) is 6.04 Å². The van der Waals surface area contributed by atoms with Crippen LogP contribution in [-0.2, 0) is 4.79 Å². The lowest BCUT2D eigenvalue weighted by molar-refractivity contribution is -0.140. The van der Waals surface area contributed by atoms with E-state index in [2.05, 4.69) is 24.1 Å². The number of hydrogen-bond acceptors (Lipinski definition) is 3. The Morgan fingerprint density at radius 2 is 2.27 bits per heavy atom. The highest BCUT2D eigenvalue weighted by Crippen LogP contribution is 2.25. The predicted molar refractivity (Wildman–Crippen MR) is 60.0 cm³/mol. The van der Waals surface area contributed by atoms with E-state index in [-0.39, 0.29) is 0 Å². The maximum Gasteiger partial charge on any atom is 0.322 e. The molecule has 88 valence electrons. The van der Waals surface area contributed by atoms with Crippen molar-refractivity contribution in [3.05, 3.63) is 0 Å². The minimum absolute atomic E-state index is 0.445. The molecule has 0 aliphatic carbocycles. The zero-order valence-corrected chi connectivity index (χ0v) is 9.86. The molecular formula is C11H22N2O2. The molecule has 1 fully saturated rings. The summed E-state index contributed by atoms with van der Waals surface area (Å²) in [4.78, 5) is 13.3. The Morgan fingerprint density at radius 3 is 2.73 bits per heavy atom. The normalized spacial score (nSPS) is 29.3. The molecule has 0 bridgehead atoms. The van der Waals surface area contributed by atoms with Gasteiger partial charge in [0, 0.05) is 18.6 Å². The second kappa shape index (κ2) is 5.47. The Bertz CT molecular complexity index is 221. The quantitative estimate of drug-likeness (QED) is 0.714. The summed E-state index contributed by atoms with van der Waals surface area (Å²) in [5, 5.41) is 11.8. The van der Waals surface area contributed by atoms with Crippen LogP contribution in [0.2, 0.25) is 0 Å². The summed E-state index contributed by atoms with van der Waals surface area (Å²) in [6, 6.07) is 0.639. The minimum Gasteiger partial charge on any atom is -0.480 e. The van der Waals surface area contributed by atoms with Crippen LogP contribution in [-0.4, -0.2) is 47.7 Å². The Kier molecular flexibility index (Phi) is 4.54. The molecular weight excluding hydrogens is 192 g/mol. The van der Waals surface area contributed by atoms with Gasteiger partial charge in [-0.1, -0.05) is 6.92 Å². The standard InChI is InChI=1S/C11H22N2O2/c1-4-9-6-5-8(2)13(9)7-10(12-3)11(14)15/h8-10,12H,4-7H2,1-3H3,(H,14,15). The molecule has 1 heterocycles. The molecule has 0 aromatic carbocycles. The summed E-state index contributed by atoms with van der Waals surface area (Å²) < 4.78 is 0. The summed E-state index contributed by atoms with van der Waals surface area (Å²) in [7, 11) is 1.71. The molecule has 0 aromatic rings. The van der Waals surface area contributed by atoms with Crippen LogP contribution in [0.5, 0.6) is 0 Å². The maximum atomic E-state index is 10.9. The van der Waals surface area contributed by atoms with Gasteiger partial charge in [-0.3, -0.25) is 9.69 Å². The van der Waals surface area contributed by atoms with Gasteiger partial charge < -0.3 is 10.4 Å². The molecule has 0 amide bonds. The van der Waals surface area contributed by atoms with Crippen molar-refractivity contribution in [1.29, 1.82) is 0 Å². The number of likely N-dealkylation sites (N-methyl/N-ethyl adjacent to an activating group) is 1. The highest BCUT2D eigenvalue weighted by Gasteiger charge is 2.32. The van der Waals surface area contributed by atoms with Crippen LogP contribution in [0, 0.1) is 0 Å². The van der Waals surface area contributed by atoms with E-state index in [0.29, 0.717) is 18.6 Å². The van der Waals surface area contributed by atoms with Gasteiger partial charge >= 0.3 is 5.97 Å². The highest BCUT2D eigenvalue weighted by atomic mass is 16.4. The van der Waals surface area contributed by atoms with Crippen LogP contribution in [0.3, 0.4) is 0 Å². The highest BCUT2D eigenvalue weighted by molar-refractivity contribution is 5.73. The van der Waals surface area contributed by atoms with E-state index in [4.69, 9.17) is 5.11 Å². The zero-order chi connectivity index (χ0) is 11.4. The first-order valence-corrected chi connectivity index (χ1v) is 5.76. The van der Waals surface area contributed by atoms with Crippen LogP contribution in [0.4, 0.5) is 0 Å². The van der Waals surface area contributed by atoms with E-state index in [1.807, 2.05) is 0 Å². The number of carboxylic acid groups (broad SMARTS) is 1. The monoisotopic (exact) mass is 214 g/mol. The molecule has 3 atom stereocenters. The van der Waals surface area contributed by atoms with Crippen LogP contribution in [0.25, 0.3) is 0 Å². The van der Waals surface area contributed by atoms with E-state index in [1.54, 1.807) is 7.05 Å². The summed E-state index contributed by atoms with van der Waals surface area (Å²) in [6.45, 7) is 4.97. The van der Waals surface area contributed by atoms with Gasteiger partial charge in [0.05, 0.1) is 0 Å². The number of hydrogen-bond donors (Lipinski definition) is 2. The van der Waals surface area contributed by atoms with E-state index >= 15 is 0 Å². The fourth-order valence-corrected chi connectivity index (χ4v) is 2.40. The lowest BCUT2D eigenvalue weighted by atomic mass is 10.1. The van der Waals surface area contributed by atoms with Crippen LogP contribution < -0.4 is 5.32 Å². The lowest BCUT2D eigenvalue weighted by Gasteiger charge is -2.30. The fourth-order valence-electron chi connectivity index (χ4n) is 2.40. The van der Waals surface area contributed by atoms with Crippen molar-refractivity contribution in [1.82, 2.24) is 10.2 Å². The average molecular weight is 214 g/mol. The maximum absolute atomic E-state index is 10.9. The molecule has 1 rings (SSSR count). The van der Waals surface area contributed by atoms with Crippen molar-refractivity contribution in [2.75, 3.05) is 13.6 Å². The molecule has 0 saturated carbocycles. The molecule has 15 heavy (non-hydrogen) atoms. The van der Waals surface area contributed by atoms with Crippen molar-refractivity contribution in [3.8, 4) is 0 Å². The van der Waals surface area contributed by atoms with Crippen molar-refractivity contribution in [3.63, 3.8) is 0 Å². The van der Waals surface area contributed by atoms with E-state index in [9.17, 15) is 4.79 Å². The fraction of sp³-hybridized carbons (Fsp3) is 0.909. The van der Waals surface area contributed by atoms with Gasteiger partial charge in [-0.05, 0) is 33.2 Å². The first kappa shape index (κ1) is 12.5. The number of nitrogens with one attached hydrogen (secondary N) is 1. The second-order valence-electron chi connectivity index (χ2n) is 4.36. The van der Waals surface area contributed by atoms with Crippen molar-refractivity contribution in [2.45, 2.75) is 51.2 Å². The predicted octanol–water partition coefficient (Wildman–Crippen LogP) is 0.922. The van der Waals surface area contributed by atoms with E-state index < -0.39 is 12.0 Å². The number of aliphatic carboxylic acids is 1. The zero-order valence-electron chi connectivity index (χ0n) is 9.86. The number of carboxylic acids is 1. The summed E-state index contributed by atoms with van der Waals surface area (Å²) in [6.07, 6.45) is 3.50. The third-order valence-corrected chi connectivity index (χ3v) is 3.46. The Balaban J connectivity index is 2.57. The first-order valence-electron chi connectivity index (χ1n) is 5.76. The number of nitrogens with zero attached hydrogens (tertiary/aromatic N) is 1. The first-order chi connectivity index (χ1) is 7.10. The Hall–Kier alpha value is -0.610. The van der Waals surface area contributed by atoms with Gasteiger partial charge in [-0.15, -0.1) is 0 Å². The van der Waals surface area contributed by atoms with E-state index in [0.717, 1.165) is 6.42 Å². The molecule has 0 radical (unpaired) electrons. The van der Waals surface area contributed by atoms with Gasteiger partial charge in [-0.2, -0.15) is 0 Å². The molecule has 3 unspecified atom stereocenters. The van der Waals surface area contributed by atoms with Crippen molar-refractivity contribution >= 4 is 5.97 Å². The molecule has 1 saturated heterocycles. The topological polar surface area (TPSA) is 52.6 Å². The lowest BCUT2D eigenvalue weighted by Crippen LogP contribution is -2.48. The second-order valence-corrected chi connectivity index (χ2v) is 4.36. The van der Waals surface area contributed by atoms with Gasteiger partial charge in [0.25, 0.3) is 0 Å². The van der Waals surface area contributed by atoms with Gasteiger partial charge in [-0.25, -0.2) is 0 Å². The summed E-state index contributed by atoms with van der Waals surface area (Å²) in [5.74, 6) is -0.758. The molecule has 1 aliphatic heterocycles. The summed E-state index contributed by atoms with van der Waals surface area (Å²) >= 11 is 0. The average Bonchev–Trinajstić information content (AvgIpc) is 2.55. The van der Waals surface area contributed by atoms with E-state index in [1.165, 1.54) is 12.8 Å². The Labute approximate surface area is 91.6 Å². The summed E-state index contributed by atoms with van der Waals surface area (Å²) in [5.41, 5.74) is 0. The van der Waals surface area contributed by atoms with Crippen LogP contribution >= 0.6 is 0 Å². The van der Waals surface area contributed by atoms with Gasteiger partial charge in [0.2, 0.25) is 0 Å². The van der Waals surface area contributed by atoms with Crippen LogP contribution in [0.1, 0.15) is 33.1 Å². The number of likely N-dealkylation sites (tertiary alicyclic amines) is 1. The van der Waals surface area contributed by atoms with Crippen molar-refractivity contribution in [2.24, 2.45) is 0 Å². The molecule has 1 aliphatic rings. The number of carbonyl (C=O) groups is 1. The Morgan fingerprint density at radius 1 is 1.60 bits per heavy atom. The van der Waals surface area contributed by atoms with Crippen molar-refractivity contribution < 1.29 is 9.90 Å². The van der Waals surface area contributed by atoms with Gasteiger partial charge in [0.15, 0.2) is 0 Å². The third-order valence-electron chi connectivity index (χ3n) is 3.46. The van der Waals surface area contributed by atoms with Crippen LogP contribution in [0.15, 0.2) is 0 Å². The molecule has 2 N–H and O–H groups in total. The smallest absolute Gasteiger partial charge is 0.322 e. The molecule has 0 spiro atoms.